The van der Waals surface area contributed by atoms with Crippen LogP contribution in [-0.2, 0) is 19.1 Å². The number of carbonyl (C=O) groups is 2. The van der Waals surface area contributed by atoms with Crippen molar-refractivity contribution in [1.29, 1.82) is 0 Å². The van der Waals surface area contributed by atoms with Crippen LogP contribution in [0.2, 0.25) is 0 Å². The highest BCUT2D eigenvalue weighted by molar-refractivity contribution is 5.82. The van der Waals surface area contributed by atoms with Crippen LogP contribution in [0.25, 0.3) is 0 Å². The van der Waals surface area contributed by atoms with Crippen molar-refractivity contribution in [2.24, 2.45) is 11.8 Å². The van der Waals surface area contributed by atoms with Crippen molar-refractivity contribution in [3.05, 3.63) is 0 Å². The van der Waals surface area contributed by atoms with Gasteiger partial charge in [-0.25, -0.2) is 8.78 Å². The highest BCUT2D eigenvalue weighted by atomic mass is 19.1. The summed E-state index contributed by atoms with van der Waals surface area (Å²) in [6.07, 6.45) is 0.202. The molecule has 0 aromatic rings. The summed E-state index contributed by atoms with van der Waals surface area (Å²) < 4.78 is 39.5. The lowest BCUT2D eigenvalue weighted by molar-refractivity contribution is -0.152. The largest absolute Gasteiger partial charge is 0.381 e. The average Bonchev–Trinajstić information content (AvgIpc) is 2.72. The minimum atomic E-state index is -1.20. The Labute approximate surface area is 171 Å². The number of hydrogen-bond donors (Lipinski definition) is 0. The molecular weight excluding hydrogens is 382 g/mol. The maximum absolute atomic E-state index is 14.5. The molecule has 2 aliphatic carbocycles. The monoisotopic (exact) mass is 416 g/mol. The van der Waals surface area contributed by atoms with Crippen LogP contribution in [0, 0.1) is 11.8 Å². The number of nitrogens with zero attached hydrogens (tertiary/aromatic N) is 2. The first-order valence-electron chi connectivity index (χ1n) is 10.8. The lowest BCUT2D eigenvalue weighted by Crippen LogP contribution is -2.59. The van der Waals surface area contributed by atoms with E-state index in [4.69, 9.17) is 9.47 Å². The number of alkyl halides is 2. The molecule has 1 aliphatic heterocycles. The molecule has 8 heteroatoms. The highest BCUT2D eigenvalue weighted by Gasteiger charge is 2.42. The Morgan fingerprint density at radius 1 is 0.828 bits per heavy atom. The number of carbonyl (C=O) groups excluding carboxylic acids is 2. The van der Waals surface area contributed by atoms with Crippen LogP contribution in [-0.4, -0.2) is 86.1 Å². The molecule has 0 spiro atoms. The van der Waals surface area contributed by atoms with E-state index in [1.807, 2.05) is 6.92 Å². The number of amides is 2. The molecule has 6 nitrogen and oxygen atoms in total. The summed E-state index contributed by atoms with van der Waals surface area (Å²) in [5, 5.41) is 0. The Balaban J connectivity index is 1.55. The molecule has 0 aromatic heterocycles. The number of hydrogen-bond acceptors (Lipinski definition) is 4. The van der Waals surface area contributed by atoms with Crippen LogP contribution in [0.15, 0.2) is 0 Å². The molecule has 1 saturated heterocycles. The van der Waals surface area contributed by atoms with E-state index in [2.05, 4.69) is 0 Å². The molecule has 29 heavy (non-hydrogen) atoms. The summed E-state index contributed by atoms with van der Waals surface area (Å²) in [5.74, 6) is -1.60. The van der Waals surface area contributed by atoms with Crippen LogP contribution in [0.4, 0.5) is 8.78 Å². The number of rotatable bonds is 4. The summed E-state index contributed by atoms with van der Waals surface area (Å²) in [5.41, 5.74) is 0. The maximum atomic E-state index is 14.5. The van der Waals surface area contributed by atoms with Gasteiger partial charge in [-0.1, -0.05) is 0 Å². The lowest BCUT2D eigenvalue weighted by Gasteiger charge is -2.44. The van der Waals surface area contributed by atoms with E-state index >= 15 is 0 Å². The van der Waals surface area contributed by atoms with Gasteiger partial charge in [0.15, 0.2) is 0 Å². The molecule has 3 rings (SSSR count). The van der Waals surface area contributed by atoms with E-state index in [1.54, 1.807) is 24.0 Å². The van der Waals surface area contributed by atoms with Crippen LogP contribution >= 0.6 is 0 Å². The van der Waals surface area contributed by atoms with Crippen molar-refractivity contribution in [2.45, 2.75) is 76.0 Å². The van der Waals surface area contributed by atoms with E-state index in [0.29, 0.717) is 45.3 Å². The summed E-state index contributed by atoms with van der Waals surface area (Å²) in [6, 6.07) is -0.207. The second kappa shape index (κ2) is 9.69. The summed E-state index contributed by atoms with van der Waals surface area (Å²) in [4.78, 5) is 29.2. The topological polar surface area (TPSA) is 59.1 Å². The van der Waals surface area contributed by atoms with Crippen molar-refractivity contribution < 1.29 is 27.8 Å². The van der Waals surface area contributed by atoms with Crippen molar-refractivity contribution >= 4 is 11.8 Å². The van der Waals surface area contributed by atoms with Gasteiger partial charge >= 0.3 is 0 Å². The molecule has 0 aromatic carbocycles. The van der Waals surface area contributed by atoms with E-state index < -0.39 is 24.2 Å². The molecule has 7 atom stereocenters. The molecule has 6 unspecified atom stereocenters. The molecule has 2 amide bonds. The van der Waals surface area contributed by atoms with Crippen molar-refractivity contribution in [3.63, 3.8) is 0 Å². The minimum absolute atomic E-state index is 0.121. The first-order chi connectivity index (χ1) is 13.8. The van der Waals surface area contributed by atoms with Crippen LogP contribution < -0.4 is 0 Å². The van der Waals surface area contributed by atoms with E-state index in [1.165, 1.54) is 0 Å². The minimum Gasteiger partial charge on any atom is -0.381 e. The number of piperazine rings is 1. The van der Waals surface area contributed by atoms with Crippen LogP contribution in [0.3, 0.4) is 0 Å². The quantitative estimate of drug-likeness (QED) is 0.706. The third-order valence-electron chi connectivity index (χ3n) is 6.97. The fraction of sp³-hybridized carbons (Fsp3) is 0.905. The van der Waals surface area contributed by atoms with Gasteiger partial charge in [0, 0.05) is 52.7 Å². The zero-order valence-corrected chi connectivity index (χ0v) is 17.7. The summed E-state index contributed by atoms with van der Waals surface area (Å²) >= 11 is 0. The predicted octanol–water partition coefficient (Wildman–Crippen LogP) is 2.35. The number of ether oxygens (including phenoxy) is 2. The Morgan fingerprint density at radius 3 is 1.79 bits per heavy atom. The molecule has 0 radical (unpaired) electrons. The fourth-order valence-corrected chi connectivity index (χ4v) is 5.08. The molecule has 1 heterocycles. The van der Waals surface area contributed by atoms with Gasteiger partial charge in [-0.15, -0.1) is 0 Å². The average molecular weight is 417 g/mol. The maximum Gasteiger partial charge on any atom is 0.228 e. The van der Waals surface area contributed by atoms with Gasteiger partial charge in [0.25, 0.3) is 0 Å². The molecule has 3 aliphatic rings. The fourth-order valence-electron chi connectivity index (χ4n) is 5.08. The van der Waals surface area contributed by atoms with Gasteiger partial charge in [-0.2, -0.15) is 0 Å². The third-order valence-corrected chi connectivity index (χ3v) is 6.97. The van der Waals surface area contributed by atoms with E-state index in [0.717, 1.165) is 0 Å². The van der Waals surface area contributed by atoms with E-state index in [-0.39, 0.29) is 42.9 Å². The molecule has 0 N–H and O–H groups in total. The SMILES string of the molecule is COC1CCC(C(=O)N2CCN(C(=O)C3CCC(OC)CC3F)[C@@H](C)C2)C(F)C1. The Morgan fingerprint density at radius 2 is 1.34 bits per heavy atom. The second-order valence-corrected chi connectivity index (χ2v) is 8.75. The Kier molecular flexibility index (Phi) is 7.48. The first-order valence-corrected chi connectivity index (χ1v) is 10.8. The van der Waals surface area contributed by atoms with Crippen LogP contribution in [0.1, 0.15) is 45.4 Å². The van der Waals surface area contributed by atoms with Crippen molar-refractivity contribution in [3.8, 4) is 0 Å². The van der Waals surface area contributed by atoms with Gasteiger partial charge < -0.3 is 19.3 Å². The van der Waals surface area contributed by atoms with Gasteiger partial charge in [0.1, 0.15) is 12.3 Å². The van der Waals surface area contributed by atoms with E-state index in [9.17, 15) is 18.4 Å². The van der Waals surface area contributed by atoms with Gasteiger partial charge in [0.2, 0.25) is 11.8 Å². The van der Waals surface area contributed by atoms with Crippen LogP contribution in [0.5, 0.6) is 0 Å². The molecule has 166 valence electrons. The second-order valence-electron chi connectivity index (χ2n) is 8.75. The van der Waals surface area contributed by atoms with Gasteiger partial charge in [-0.05, 0) is 32.6 Å². The standard InChI is InChI=1S/C21H34F2N2O4/c1-13-12-24(20(26)16-6-4-14(28-2)10-18(16)22)8-9-25(13)21(27)17-7-5-15(29-3)11-19(17)23/h13-19H,4-12H2,1-3H3/t13-,14?,15?,16?,17?,18?,19?/m0/s1. The zero-order valence-electron chi connectivity index (χ0n) is 17.7. The smallest absolute Gasteiger partial charge is 0.228 e. The third kappa shape index (κ3) is 4.90. The summed E-state index contributed by atoms with van der Waals surface area (Å²) in [6.45, 7) is 2.98. The Hall–Kier alpha value is -1.28. The predicted molar refractivity (Wildman–Crippen MR) is 104 cm³/mol. The molecule has 2 saturated carbocycles. The normalized spacial score (nSPS) is 38.7. The number of methoxy groups -OCH3 is 2. The van der Waals surface area contributed by atoms with Gasteiger partial charge in [0.05, 0.1) is 24.0 Å². The first kappa shape index (κ1) is 22.4. The Bertz CT molecular complexity index is 593. The molecular formula is C21H34F2N2O4. The number of halogens is 2. The van der Waals surface area contributed by atoms with Gasteiger partial charge in [-0.3, -0.25) is 9.59 Å². The zero-order chi connectivity index (χ0) is 21.1. The molecule has 0 bridgehead atoms. The highest BCUT2D eigenvalue weighted by Crippen LogP contribution is 2.33. The summed E-state index contributed by atoms with van der Waals surface area (Å²) in [7, 11) is 3.14. The molecule has 3 fully saturated rings. The van der Waals surface area contributed by atoms with Crippen molar-refractivity contribution in [1.82, 2.24) is 9.80 Å². The van der Waals surface area contributed by atoms with Crippen molar-refractivity contribution in [2.75, 3.05) is 33.9 Å². The lowest BCUT2D eigenvalue weighted by atomic mass is 9.83.